The fourth-order valence-corrected chi connectivity index (χ4v) is 4.05. The molecule has 1 aliphatic rings. The Kier molecular flexibility index (Phi) is 6.64. The summed E-state index contributed by atoms with van der Waals surface area (Å²) in [6, 6.07) is 6.24. The molecule has 8 nitrogen and oxygen atoms in total. The van der Waals surface area contributed by atoms with Crippen molar-refractivity contribution in [1.82, 2.24) is 9.97 Å². The zero-order valence-electron chi connectivity index (χ0n) is 17.1. The lowest BCUT2D eigenvalue weighted by molar-refractivity contribution is -0.385. The van der Waals surface area contributed by atoms with E-state index in [9.17, 15) is 10.1 Å². The summed E-state index contributed by atoms with van der Waals surface area (Å²) in [5.41, 5.74) is 15.4. The van der Waals surface area contributed by atoms with Crippen molar-refractivity contribution < 1.29 is 4.92 Å². The van der Waals surface area contributed by atoms with Crippen LogP contribution in [-0.2, 0) is 13.0 Å². The molecule has 2 aromatic rings. The third-order valence-electron chi connectivity index (χ3n) is 5.89. The topological polar surface area (TPSA) is 133 Å². The van der Waals surface area contributed by atoms with Crippen LogP contribution in [0.15, 0.2) is 18.2 Å². The van der Waals surface area contributed by atoms with Crippen molar-refractivity contribution in [2.24, 2.45) is 17.6 Å². The van der Waals surface area contributed by atoms with Crippen LogP contribution in [0.5, 0.6) is 0 Å². The minimum Gasteiger partial charge on any atom is -0.378 e. The summed E-state index contributed by atoms with van der Waals surface area (Å²) in [4.78, 5) is 19.7. The van der Waals surface area contributed by atoms with Gasteiger partial charge in [0.15, 0.2) is 0 Å². The number of rotatable bonds is 7. The van der Waals surface area contributed by atoms with Crippen molar-refractivity contribution in [1.29, 1.82) is 0 Å². The lowest BCUT2D eigenvalue weighted by atomic mass is 9.80. The maximum Gasteiger partial charge on any atom is 0.332 e. The number of nitro groups is 1. The van der Waals surface area contributed by atoms with Gasteiger partial charge in [0.05, 0.1) is 4.92 Å². The number of hydrogen-bond acceptors (Lipinski definition) is 7. The first-order valence-corrected chi connectivity index (χ1v) is 10.2. The van der Waals surface area contributed by atoms with Crippen LogP contribution in [-0.4, -0.2) is 21.4 Å². The first-order chi connectivity index (χ1) is 13.9. The average molecular weight is 399 g/mol. The van der Waals surface area contributed by atoms with Gasteiger partial charge in [-0.05, 0) is 75.5 Å². The molecular weight excluding hydrogens is 368 g/mol. The fourth-order valence-electron chi connectivity index (χ4n) is 4.05. The van der Waals surface area contributed by atoms with Crippen LogP contribution in [0.25, 0.3) is 0 Å². The highest BCUT2D eigenvalue weighted by Crippen LogP contribution is 2.34. The molecule has 1 saturated carbocycles. The molecule has 0 radical (unpaired) electrons. The van der Waals surface area contributed by atoms with Crippen molar-refractivity contribution in [2.45, 2.75) is 52.5 Å². The van der Waals surface area contributed by atoms with Gasteiger partial charge in [-0.15, -0.1) is 0 Å². The quantitative estimate of drug-likeness (QED) is 0.480. The number of aryl methyl sites for hydroxylation is 2. The van der Waals surface area contributed by atoms with E-state index in [-0.39, 0.29) is 11.5 Å². The third-order valence-corrected chi connectivity index (χ3v) is 5.89. The Balaban J connectivity index is 1.78. The van der Waals surface area contributed by atoms with E-state index in [1.807, 2.05) is 13.8 Å². The predicted molar refractivity (Wildman–Crippen MR) is 115 cm³/mol. The molecule has 29 heavy (non-hydrogen) atoms. The zero-order chi connectivity index (χ0) is 21.0. The Morgan fingerprint density at radius 1 is 1.17 bits per heavy atom. The first-order valence-electron chi connectivity index (χ1n) is 10.2. The summed E-state index contributed by atoms with van der Waals surface area (Å²) in [5.74, 6) is 1.17. The van der Waals surface area contributed by atoms with Crippen LogP contribution < -0.4 is 16.8 Å². The van der Waals surface area contributed by atoms with Crippen molar-refractivity contribution in [3.05, 3.63) is 50.7 Å². The second kappa shape index (κ2) is 9.17. The molecule has 156 valence electrons. The van der Waals surface area contributed by atoms with Crippen molar-refractivity contribution >= 4 is 17.5 Å². The average Bonchev–Trinajstić information content (AvgIpc) is 2.68. The Bertz CT molecular complexity index is 878. The summed E-state index contributed by atoms with van der Waals surface area (Å²) in [7, 11) is 0. The largest absolute Gasteiger partial charge is 0.378 e. The summed E-state index contributed by atoms with van der Waals surface area (Å²) in [6.45, 7) is 5.33. The second-order valence-corrected chi connectivity index (χ2v) is 8.09. The smallest absolute Gasteiger partial charge is 0.332 e. The molecule has 0 aliphatic heterocycles. The lowest BCUT2D eigenvalue weighted by Gasteiger charge is -2.27. The molecule has 1 aliphatic carbocycles. The standard InChI is InChI=1S/C21H30N6O2/c1-13-3-4-14(2)17(9-13)12-24-21-25-18(19(27(28)29)20(23)26-21)10-15-5-7-16(11-22)8-6-15/h3-4,9,15-16H,5-8,10-12,22H2,1-2H3,(H3,23,24,25,26). The van der Waals surface area contributed by atoms with Gasteiger partial charge in [0.25, 0.3) is 0 Å². The van der Waals surface area contributed by atoms with Crippen molar-refractivity contribution in [2.75, 3.05) is 17.6 Å². The highest BCUT2D eigenvalue weighted by molar-refractivity contribution is 5.58. The molecule has 1 aromatic heterocycles. The highest BCUT2D eigenvalue weighted by Gasteiger charge is 2.27. The molecule has 1 heterocycles. The molecule has 1 fully saturated rings. The van der Waals surface area contributed by atoms with Gasteiger partial charge in [0.1, 0.15) is 5.69 Å². The number of hydrogen-bond donors (Lipinski definition) is 3. The molecule has 0 amide bonds. The van der Waals surface area contributed by atoms with Gasteiger partial charge in [-0.1, -0.05) is 23.8 Å². The maximum atomic E-state index is 11.6. The minimum atomic E-state index is -0.468. The number of benzene rings is 1. The van der Waals surface area contributed by atoms with Crippen LogP contribution in [0.1, 0.15) is 48.1 Å². The molecule has 1 aromatic carbocycles. The lowest BCUT2D eigenvalue weighted by Crippen LogP contribution is -2.23. The van der Waals surface area contributed by atoms with Gasteiger partial charge >= 0.3 is 5.69 Å². The Morgan fingerprint density at radius 2 is 1.86 bits per heavy atom. The SMILES string of the molecule is Cc1ccc(C)c(CNc2nc(N)c([N+](=O)[O-])c(CC3CCC(CN)CC3)n2)c1. The van der Waals surface area contributed by atoms with Gasteiger partial charge < -0.3 is 16.8 Å². The molecule has 8 heteroatoms. The molecule has 5 N–H and O–H groups in total. The van der Waals surface area contributed by atoms with E-state index in [0.717, 1.165) is 36.8 Å². The Hall–Kier alpha value is -2.74. The van der Waals surface area contributed by atoms with E-state index >= 15 is 0 Å². The van der Waals surface area contributed by atoms with E-state index in [1.54, 1.807) is 0 Å². The van der Waals surface area contributed by atoms with Gasteiger partial charge in [0, 0.05) is 6.54 Å². The molecule has 0 bridgehead atoms. The number of nitrogen functional groups attached to an aromatic ring is 1. The summed E-state index contributed by atoms with van der Waals surface area (Å²) >= 11 is 0. The van der Waals surface area contributed by atoms with E-state index in [1.165, 1.54) is 5.56 Å². The van der Waals surface area contributed by atoms with Gasteiger partial charge in [0.2, 0.25) is 11.8 Å². The molecule has 0 saturated heterocycles. The summed E-state index contributed by atoms with van der Waals surface area (Å²) in [5, 5.41) is 14.8. The van der Waals surface area contributed by atoms with Crippen LogP contribution in [0.4, 0.5) is 17.5 Å². The number of nitrogens with zero attached hydrogens (tertiary/aromatic N) is 3. The van der Waals surface area contributed by atoms with E-state index < -0.39 is 4.92 Å². The highest BCUT2D eigenvalue weighted by atomic mass is 16.6. The third kappa shape index (κ3) is 5.20. The van der Waals surface area contributed by atoms with E-state index in [0.29, 0.717) is 43.0 Å². The molecule has 0 spiro atoms. The fraction of sp³-hybridized carbons (Fsp3) is 0.524. The molecule has 0 atom stereocenters. The molecular formula is C21H30N6O2. The monoisotopic (exact) mass is 398 g/mol. The van der Waals surface area contributed by atoms with Crippen molar-refractivity contribution in [3.63, 3.8) is 0 Å². The van der Waals surface area contributed by atoms with Gasteiger partial charge in [-0.3, -0.25) is 10.1 Å². The number of aromatic nitrogens is 2. The van der Waals surface area contributed by atoms with Crippen LogP contribution in [0, 0.1) is 35.8 Å². The Morgan fingerprint density at radius 3 is 2.52 bits per heavy atom. The number of anilines is 2. The number of nitrogens with one attached hydrogen (secondary N) is 1. The first kappa shape index (κ1) is 21.0. The van der Waals surface area contributed by atoms with Crippen molar-refractivity contribution in [3.8, 4) is 0 Å². The second-order valence-electron chi connectivity index (χ2n) is 8.09. The van der Waals surface area contributed by atoms with Crippen LogP contribution in [0.3, 0.4) is 0 Å². The zero-order valence-corrected chi connectivity index (χ0v) is 17.1. The van der Waals surface area contributed by atoms with E-state index in [2.05, 4.69) is 33.5 Å². The molecule has 0 unspecified atom stereocenters. The summed E-state index contributed by atoms with van der Waals surface area (Å²) in [6.07, 6.45) is 4.68. The normalized spacial score (nSPS) is 19.1. The van der Waals surface area contributed by atoms with Crippen LogP contribution >= 0.6 is 0 Å². The van der Waals surface area contributed by atoms with E-state index in [4.69, 9.17) is 11.5 Å². The Labute approximate surface area is 171 Å². The summed E-state index contributed by atoms with van der Waals surface area (Å²) < 4.78 is 0. The maximum absolute atomic E-state index is 11.6. The van der Waals surface area contributed by atoms with Gasteiger partial charge in [-0.2, -0.15) is 4.98 Å². The predicted octanol–water partition coefficient (Wildman–Crippen LogP) is 3.50. The van der Waals surface area contributed by atoms with Gasteiger partial charge in [-0.25, -0.2) is 4.98 Å². The number of nitrogens with two attached hydrogens (primary N) is 2. The minimum absolute atomic E-state index is 0.0842. The molecule has 3 rings (SSSR count). The van der Waals surface area contributed by atoms with Crippen LogP contribution in [0.2, 0.25) is 0 Å².